The van der Waals surface area contributed by atoms with Gasteiger partial charge in [0.25, 0.3) is 0 Å². The van der Waals surface area contributed by atoms with Crippen LogP contribution in [-0.4, -0.2) is 17.9 Å². The first-order valence-electron chi connectivity index (χ1n) is 5.30. The third kappa shape index (κ3) is 2.55. The van der Waals surface area contributed by atoms with Gasteiger partial charge in [-0.3, -0.25) is 4.79 Å². The molecule has 1 heterocycles. The highest BCUT2D eigenvalue weighted by Gasteiger charge is 2.15. The van der Waals surface area contributed by atoms with Crippen LogP contribution in [-0.2, 0) is 0 Å². The Morgan fingerprint density at radius 1 is 1.25 bits per heavy atom. The zero-order valence-corrected chi connectivity index (χ0v) is 10.5. The van der Waals surface area contributed by atoms with Crippen LogP contribution in [0.3, 0.4) is 0 Å². The number of rotatable bonds is 5. The lowest BCUT2D eigenvalue weighted by Gasteiger charge is -2.02. The van der Waals surface area contributed by atoms with Crippen molar-refractivity contribution in [2.75, 3.05) is 12.1 Å². The second kappa shape index (κ2) is 5.34. The number of benzene rings is 1. The van der Waals surface area contributed by atoms with E-state index >= 15 is 0 Å². The van der Waals surface area contributed by atoms with Gasteiger partial charge >= 0.3 is 0 Å². The molecule has 0 aromatic heterocycles. The predicted octanol–water partition coefficient (Wildman–Crippen LogP) is 3.16. The molecule has 0 aliphatic carbocycles. The summed E-state index contributed by atoms with van der Waals surface area (Å²) >= 11 is 3.35. The Labute approximate surface area is 103 Å². The maximum absolute atomic E-state index is 11.8. The molecule has 86 valence electrons. The van der Waals surface area contributed by atoms with Crippen LogP contribution in [0.1, 0.15) is 29.6 Å². The molecule has 1 aliphatic rings. The van der Waals surface area contributed by atoms with E-state index in [1.54, 1.807) is 18.2 Å². The lowest BCUT2D eigenvalue weighted by atomic mass is 10.1. The minimum absolute atomic E-state index is 0.166. The molecule has 0 amide bonds. The number of halogens is 1. The minimum atomic E-state index is 0.166. The monoisotopic (exact) mass is 284 g/mol. The number of ether oxygens (including phenoxy) is 2. The van der Waals surface area contributed by atoms with E-state index in [1.807, 2.05) is 0 Å². The largest absolute Gasteiger partial charge is 0.454 e. The van der Waals surface area contributed by atoms with Crippen LogP contribution in [0, 0.1) is 0 Å². The molecule has 0 fully saturated rings. The van der Waals surface area contributed by atoms with Crippen LogP contribution in [0.4, 0.5) is 0 Å². The van der Waals surface area contributed by atoms with E-state index in [0.29, 0.717) is 17.7 Å². The quantitative estimate of drug-likeness (QED) is 0.473. The molecule has 0 spiro atoms. The summed E-state index contributed by atoms with van der Waals surface area (Å²) in [7, 11) is 0. The molecule has 0 saturated carbocycles. The normalized spacial score (nSPS) is 12.8. The van der Waals surface area contributed by atoms with Crippen LogP contribution in [0.15, 0.2) is 18.2 Å². The fourth-order valence-corrected chi connectivity index (χ4v) is 1.99. The van der Waals surface area contributed by atoms with E-state index in [0.717, 1.165) is 23.9 Å². The molecule has 1 aromatic rings. The summed E-state index contributed by atoms with van der Waals surface area (Å²) in [4.78, 5) is 11.8. The number of hydrogen-bond acceptors (Lipinski definition) is 3. The Morgan fingerprint density at radius 3 is 2.88 bits per heavy atom. The maximum Gasteiger partial charge on any atom is 0.231 e. The van der Waals surface area contributed by atoms with Gasteiger partial charge in [-0.2, -0.15) is 0 Å². The smallest absolute Gasteiger partial charge is 0.231 e. The summed E-state index contributed by atoms with van der Waals surface area (Å²) in [6.45, 7) is 0.247. The topological polar surface area (TPSA) is 35.5 Å². The van der Waals surface area contributed by atoms with Crippen molar-refractivity contribution in [1.29, 1.82) is 0 Å². The highest BCUT2D eigenvalue weighted by atomic mass is 79.9. The van der Waals surface area contributed by atoms with Gasteiger partial charge in [-0.05, 0) is 31.0 Å². The lowest BCUT2D eigenvalue weighted by molar-refractivity contribution is 0.0979. The molecule has 0 saturated heterocycles. The number of carbonyl (C=O) groups excluding carboxylic acids is 1. The summed E-state index contributed by atoms with van der Waals surface area (Å²) in [6.07, 6.45) is 2.53. The summed E-state index contributed by atoms with van der Waals surface area (Å²) in [6, 6.07) is 5.35. The summed E-state index contributed by atoms with van der Waals surface area (Å²) < 4.78 is 10.4. The minimum Gasteiger partial charge on any atom is -0.454 e. The molecular weight excluding hydrogens is 272 g/mol. The molecule has 0 bridgehead atoms. The number of ketones is 1. The van der Waals surface area contributed by atoms with Gasteiger partial charge in [0, 0.05) is 17.3 Å². The van der Waals surface area contributed by atoms with Gasteiger partial charge in [0.1, 0.15) is 0 Å². The molecule has 2 rings (SSSR count). The first-order valence-corrected chi connectivity index (χ1v) is 6.42. The maximum atomic E-state index is 11.8. The van der Waals surface area contributed by atoms with E-state index < -0.39 is 0 Å². The highest BCUT2D eigenvalue weighted by Crippen LogP contribution is 2.32. The number of unbranched alkanes of at least 4 members (excludes halogenated alkanes) is 1. The zero-order chi connectivity index (χ0) is 11.4. The summed E-state index contributed by atoms with van der Waals surface area (Å²) in [5.41, 5.74) is 0.707. The number of fused-ring (bicyclic) bond motifs is 1. The molecule has 0 N–H and O–H groups in total. The average Bonchev–Trinajstić information content (AvgIpc) is 2.76. The number of hydrogen-bond donors (Lipinski definition) is 0. The molecule has 1 aromatic carbocycles. The first kappa shape index (κ1) is 11.5. The Bertz CT molecular complexity index is 390. The van der Waals surface area contributed by atoms with Crippen molar-refractivity contribution >= 4 is 21.7 Å². The molecule has 1 aliphatic heterocycles. The fraction of sp³-hybridized carbons (Fsp3) is 0.417. The van der Waals surface area contributed by atoms with Crippen molar-refractivity contribution in [3.8, 4) is 11.5 Å². The third-order valence-corrected chi connectivity index (χ3v) is 3.04. The standard InChI is InChI=1S/C12H13BrO3/c13-6-2-1-3-10(14)9-4-5-11-12(7-9)16-8-15-11/h4-5,7H,1-3,6,8H2. The molecule has 3 nitrogen and oxygen atoms in total. The van der Waals surface area contributed by atoms with Crippen molar-refractivity contribution in [1.82, 2.24) is 0 Å². The van der Waals surface area contributed by atoms with Crippen LogP contribution in [0.25, 0.3) is 0 Å². The summed E-state index contributed by atoms with van der Waals surface area (Å²) in [5.74, 6) is 1.56. The molecule has 0 atom stereocenters. The van der Waals surface area contributed by atoms with E-state index in [9.17, 15) is 4.79 Å². The van der Waals surface area contributed by atoms with Crippen molar-refractivity contribution in [3.05, 3.63) is 23.8 Å². The summed E-state index contributed by atoms with van der Waals surface area (Å²) in [5, 5.41) is 0.946. The van der Waals surface area contributed by atoms with Crippen LogP contribution >= 0.6 is 15.9 Å². The number of Topliss-reactive ketones (excluding diaryl/α,β-unsaturated/α-hetero) is 1. The van der Waals surface area contributed by atoms with E-state index in [2.05, 4.69) is 15.9 Å². The number of alkyl halides is 1. The second-order valence-corrected chi connectivity index (χ2v) is 4.43. The van der Waals surface area contributed by atoms with Gasteiger partial charge in [0.05, 0.1) is 0 Å². The SMILES string of the molecule is O=C(CCCCBr)c1ccc2c(c1)OCO2. The van der Waals surface area contributed by atoms with Gasteiger partial charge in [0.2, 0.25) is 6.79 Å². The third-order valence-electron chi connectivity index (χ3n) is 2.48. The van der Waals surface area contributed by atoms with Gasteiger partial charge in [-0.1, -0.05) is 15.9 Å². The van der Waals surface area contributed by atoms with E-state index in [-0.39, 0.29) is 12.6 Å². The molecular formula is C12H13BrO3. The van der Waals surface area contributed by atoms with Crippen LogP contribution in [0.5, 0.6) is 11.5 Å². The Hall–Kier alpha value is -1.03. The first-order chi connectivity index (χ1) is 7.81. The predicted molar refractivity (Wildman–Crippen MR) is 64.5 cm³/mol. The Balaban J connectivity index is 2.01. The van der Waals surface area contributed by atoms with Gasteiger partial charge in [-0.25, -0.2) is 0 Å². The van der Waals surface area contributed by atoms with Crippen LogP contribution in [0.2, 0.25) is 0 Å². The van der Waals surface area contributed by atoms with Gasteiger partial charge in [-0.15, -0.1) is 0 Å². The zero-order valence-electron chi connectivity index (χ0n) is 8.87. The molecule has 16 heavy (non-hydrogen) atoms. The van der Waals surface area contributed by atoms with E-state index in [1.165, 1.54) is 0 Å². The van der Waals surface area contributed by atoms with Gasteiger partial charge < -0.3 is 9.47 Å². The Kier molecular flexibility index (Phi) is 3.83. The van der Waals surface area contributed by atoms with Crippen molar-refractivity contribution < 1.29 is 14.3 Å². The van der Waals surface area contributed by atoms with Gasteiger partial charge in [0.15, 0.2) is 17.3 Å². The molecule has 0 unspecified atom stereocenters. The fourth-order valence-electron chi connectivity index (χ4n) is 1.59. The van der Waals surface area contributed by atoms with E-state index in [4.69, 9.17) is 9.47 Å². The van der Waals surface area contributed by atoms with Crippen molar-refractivity contribution in [2.24, 2.45) is 0 Å². The second-order valence-electron chi connectivity index (χ2n) is 3.64. The highest BCUT2D eigenvalue weighted by molar-refractivity contribution is 9.09. The number of carbonyl (C=O) groups is 1. The average molecular weight is 285 g/mol. The van der Waals surface area contributed by atoms with Crippen molar-refractivity contribution in [2.45, 2.75) is 19.3 Å². The van der Waals surface area contributed by atoms with Crippen molar-refractivity contribution in [3.63, 3.8) is 0 Å². The van der Waals surface area contributed by atoms with Crippen LogP contribution < -0.4 is 9.47 Å². The molecule has 0 radical (unpaired) electrons. The molecule has 4 heteroatoms. The lowest BCUT2D eigenvalue weighted by Crippen LogP contribution is -1.99. The Morgan fingerprint density at radius 2 is 2.06 bits per heavy atom.